The van der Waals surface area contributed by atoms with Crippen molar-refractivity contribution in [2.45, 2.75) is 64.6 Å². The zero-order valence-electron chi connectivity index (χ0n) is 21.1. The molecule has 4 aromatic rings. The highest BCUT2D eigenvalue weighted by molar-refractivity contribution is 5.92. The molecule has 0 bridgehead atoms. The van der Waals surface area contributed by atoms with Gasteiger partial charge >= 0.3 is 0 Å². The molecule has 1 amide bonds. The molecule has 6 nitrogen and oxygen atoms in total. The fraction of sp³-hybridized carbons (Fsp3) is 0.345. The molecular formula is C29H31F2N4O2+. The Labute approximate surface area is 214 Å². The summed E-state index contributed by atoms with van der Waals surface area (Å²) in [4.78, 5) is 18.2. The fourth-order valence-electron chi connectivity index (χ4n) is 5.06. The quantitative estimate of drug-likeness (QED) is 0.330. The van der Waals surface area contributed by atoms with E-state index in [9.17, 15) is 13.6 Å². The van der Waals surface area contributed by atoms with E-state index in [0.717, 1.165) is 54.9 Å². The summed E-state index contributed by atoms with van der Waals surface area (Å²) in [6.07, 6.45) is 8.20. The summed E-state index contributed by atoms with van der Waals surface area (Å²) in [5.74, 6) is -1.43. The van der Waals surface area contributed by atoms with Crippen LogP contribution in [0.2, 0.25) is 0 Å². The van der Waals surface area contributed by atoms with Crippen molar-refractivity contribution in [1.82, 2.24) is 14.9 Å². The summed E-state index contributed by atoms with van der Waals surface area (Å²) in [5, 5.41) is 2.90. The number of nitrogens with one attached hydrogen (secondary N) is 1. The van der Waals surface area contributed by atoms with Gasteiger partial charge in [0.25, 0.3) is 11.6 Å². The predicted molar refractivity (Wildman–Crippen MR) is 135 cm³/mol. The van der Waals surface area contributed by atoms with Gasteiger partial charge in [0.05, 0.1) is 11.8 Å². The maximum atomic E-state index is 13.7. The number of ether oxygens (including phenoxy) is 1. The molecular weight excluding hydrogens is 474 g/mol. The first-order valence-electron chi connectivity index (χ1n) is 12.8. The van der Waals surface area contributed by atoms with Gasteiger partial charge in [0, 0.05) is 24.7 Å². The average Bonchev–Trinajstić information content (AvgIpc) is 3.51. The van der Waals surface area contributed by atoms with Crippen molar-refractivity contribution in [2.24, 2.45) is 0 Å². The van der Waals surface area contributed by atoms with E-state index in [1.54, 1.807) is 6.20 Å². The second-order valence-corrected chi connectivity index (χ2v) is 9.84. The van der Waals surface area contributed by atoms with E-state index >= 15 is 0 Å². The molecule has 0 radical (unpaired) electrons. The minimum Gasteiger partial charge on any atom is -0.487 e. The first-order chi connectivity index (χ1) is 17.9. The van der Waals surface area contributed by atoms with Crippen LogP contribution in [0.15, 0.2) is 60.9 Å². The highest BCUT2D eigenvalue weighted by atomic mass is 19.2. The van der Waals surface area contributed by atoms with Crippen LogP contribution in [0.1, 0.15) is 72.9 Å². The van der Waals surface area contributed by atoms with Gasteiger partial charge in [0.2, 0.25) is 5.69 Å². The van der Waals surface area contributed by atoms with Crippen LogP contribution >= 0.6 is 0 Å². The topological polar surface area (TPSA) is 60.3 Å². The second-order valence-electron chi connectivity index (χ2n) is 9.84. The molecule has 1 aromatic carbocycles. The van der Waals surface area contributed by atoms with Gasteiger partial charge in [-0.25, -0.2) is 13.3 Å². The lowest BCUT2D eigenvalue weighted by Gasteiger charge is -2.12. The maximum absolute atomic E-state index is 13.7. The number of benzene rings is 1. The van der Waals surface area contributed by atoms with Crippen molar-refractivity contribution >= 4 is 11.6 Å². The number of carbonyl (C=O) groups is 1. The number of aromatic nitrogens is 3. The fourth-order valence-corrected chi connectivity index (χ4v) is 5.06. The zero-order chi connectivity index (χ0) is 25.9. The lowest BCUT2D eigenvalue weighted by atomic mass is 10.1. The molecule has 8 heteroatoms. The van der Waals surface area contributed by atoms with Crippen LogP contribution in [0.4, 0.5) is 8.78 Å². The van der Waals surface area contributed by atoms with Crippen molar-refractivity contribution in [3.8, 4) is 5.75 Å². The number of pyridine rings is 2. The minimum absolute atomic E-state index is 0.0202. The van der Waals surface area contributed by atoms with Gasteiger partial charge in [-0.3, -0.25) is 9.78 Å². The highest BCUT2D eigenvalue weighted by Gasteiger charge is 2.33. The van der Waals surface area contributed by atoms with Crippen LogP contribution in [-0.4, -0.2) is 21.6 Å². The van der Waals surface area contributed by atoms with E-state index in [4.69, 9.17) is 4.74 Å². The first-order valence-corrected chi connectivity index (χ1v) is 12.8. The van der Waals surface area contributed by atoms with Crippen molar-refractivity contribution in [1.29, 1.82) is 0 Å². The number of nitrogens with zero attached hydrogens (tertiary/aromatic N) is 3. The summed E-state index contributed by atoms with van der Waals surface area (Å²) in [6, 6.07) is 13.3. The molecule has 0 spiro atoms. The van der Waals surface area contributed by atoms with Gasteiger partial charge in [-0.15, -0.1) is 0 Å². The predicted octanol–water partition coefficient (Wildman–Crippen LogP) is 5.32. The van der Waals surface area contributed by atoms with Gasteiger partial charge in [-0.05, 0) is 61.6 Å². The number of imidazole rings is 1. The van der Waals surface area contributed by atoms with Crippen LogP contribution in [-0.2, 0) is 13.1 Å². The van der Waals surface area contributed by atoms with E-state index in [1.165, 1.54) is 6.07 Å². The summed E-state index contributed by atoms with van der Waals surface area (Å²) in [7, 11) is 0. The molecule has 1 aliphatic rings. The van der Waals surface area contributed by atoms with Crippen LogP contribution in [0.5, 0.6) is 5.75 Å². The standard InChI is InChI=1S/C29H30F2N4O2/c1-19(2)27-28(29(36)33-16-20-10-12-24(30)25(31)15-20)35-18-23(37-22-8-3-4-9-22)11-13-26(35)34(27)17-21-7-5-6-14-32-21/h5-7,10-15,18-19,22H,3-4,8-9,16-17H2,1-2H3/p+1. The normalized spacial score (nSPS) is 14.0. The Hall–Kier alpha value is -3.81. The van der Waals surface area contributed by atoms with E-state index in [-0.39, 0.29) is 24.5 Å². The molecule has 0 atom stereocenters. The van der Waals surface area contributed by atoms with E-state index in [2.05, 4.69) is 14.9 Å². The molecule has 1 N–H and O–H groups in total. The number of rotatable bonds is 8. The number of hydrogen-bond donors (Lipinski definition) is 1. The number of carbonyl (C=O) groups excluding carboxylic acids is 1. The van der Waals surface area contributed by atoms with Crippen LogP contribution in [0.25, 0.3) is 5.65 Å². The molecule has 0 aliphatic heterocycles. The van der Waals surface area contributed by atoms with Crippen molar-refractivity contribution in [3.63, 3.8) is 0 Å². The lowest BCUT2D eigenvalue weighted by molar-refractivity contribution is -0.514. The van der Waals surface area contributed by atoms with Crippen LogP contribution < -0.4 is 14.5 Å². The molecule has 37 heavy (non-hydrogen) atoms. The molecule has 5 rings (SSSR count). The molecule has 3 heterocycles. The third-order valence-corrected chi connectivity index (χ3v) is 6.80. The Balaban J connectivity index is 1.56. The van der Waals surface area contributed by atoms with E-state index < -0.39 is 11.6 Å². The monoisotopic (exact) mass is 505 g/mol. The maximum Gasteiger partial charge on any atom is 0.296 e. The lowest BCUT2D eigenvalue weighted by Crippen LogP contribution is -2.35. The van der Waals surface area contributed by atoms with Crippen LogP contribution in [0, 0.1) is 11.6 Å². The number of halogens is 2. The van der Waals surface area contributed by atoms with Crippen molar-refractivity contribution in [3.05, 3.63) is 95.2 Å². The molecule has 0 unspecified atom stereocenters. The number of hydrogen-bond acceptors (Lipinski definition) is 3. The third-order valence-electron chi connectivity index (χ3n) is 6.80. The Morgan fingerprint density at radius 1 is 1.14 bits per heavy atom. The largest absolute Gasteiger partial charge is 0.487 e. The van der Waals surface area contributed by atoms with Gasteiger partial charge in [0.15, 0.2) is 23.1 Å². The van der Waals surface area contributed by atoms with Gasteiger partial charge in [-0.2, -0.15) is 4.40 Å². The SMILES string of the molecule is CC(C)c1c(C(=O)NCc2ccc(F)c(F)c2)[n+]2cc(OC3CCCC3)ccc2n1Cc1ccccn1. The van der Waals surface area contributed by atoms with Gasteiger partial charge < -0.3 is 10.1 Å². The first kappa shape index (κ1) is 24.9. The summed E-state index contributed by atoms with van der Waals surface area (Å²) in [5.41, 5.74) is 3.53. The Bertz CT molecular complexity index is 1410. The average molecular weight is 506 g/mol. The molecule has 1 aliphatic carbocycles. The van der Waals surface area contributed by atoms with Gasteiger partial charge in [-0.1, -0.05) is 26.0 Å². The molecule has 192 valence electrons. The molecule has 1 saturated carbocycles. The van der Waals surface area contributed by atoms with Crippen molar-refractivity contribution < 1.29 is 22.7 Å². The van der Waals surface area contributed by atoms with Crippen LogP contribution in [0.3, 0.4) is 0 Å². The Kier molecular flexibility index (Phi) is 7.17. The zero-order valence-corrected chi connectivity index (χ0v) is 21.1. The summed E-state index contributed by atoms with van der Waals surface area (Å²) >= 11 is 0. The van der Waals surface area contributed by atoms with Crippen molar-refractivity contribution in [2.75, 3.05) is 0 Å². The molecule has 3 aromatic heterocycles. The summed E-state index contributed by atoms with van der Waals surface area (Å²) in [6.45, 7) is 4.66. The number of fused-ring (bicyclic) bond motifs is 1. The summed E-state index contributed by atoms with van der Waals surface area (Å²) < 4.78 is 37.3. The highest BCUT2D eigenvalue weighted by Crippen LogP contribution is 2.26. The second kappa shape index (κ2) is 10.7. The third kappa shape index (κ3) is 5.33. The van der Waals surface area contributed by atoms with Gasteiger partial charge in [0.1, 0.15) is 12.7 Å². The number of amides is 1. The smallest absolute Gasteiger partial charge is 0.296 e. The molecule has 1 fully saturated rings. The Morgan fingerprint density at radius 3 is 2.65 bits per heavy atom. The molecule has 0 saturated heterocycles. The van der Waals surface area contributed by atoms with E-state index in [1.807, 2.05) is 54.8 Å². The Morgan fingerprint density at radius 2 is 1.95 bits per heavy atom. The minimum atomic E-state index is -0.940. The van der Waals surface area contributed by atoms with E-state index in [0.29, 0.717) is 23.6 Å².